The summed E-state index contributed by atoms with van der Waals surface area (Å²) in [5.41, 5.74) is 1.98. The molecule has 0 aromatic heterocycles. The lowest BCUT2D eigenvalue weighted by Gasteiger charge is -2.35. The van der Waals surface area contributed by atoms with Gasteiger partial charge >= 0.3 is 12.1 Å². The first kappa shape index (κ1) is 33.3. The van der Waals surface area contributed by atoms with E-state index >= 15 is 0 Å². The van der Waals surface area contributed by atoms with E-state index in [1.807, 2.05) is 29.2 Å². The third-order valence-corrected chi connectivity index (χ3v) is 6.97. The molecule has 1 saturated heterocycles. The maximum Gasteiger partial charge on any atom is 0.395 e. The maximum absolute atomic E-state index is 14.7. The first-order valence-electron chi connectivity index (χ1n) is 13.9. The number of nitrogens with one attached hydrogen (secondary N) is 1. The Labute approximate surface area is 249 Å². The highest BCUT2D eigenvalue weighted by molar-refractivity contribution is 5.68. The van der Waals surface area contributed by atoms with Crippen LogP contribution in [0.1, 0.15) is 25.3 Å². The molecule has 0 saturated carbocycles. The number of para-hydroxylation sites is 1. The van der Waals surface area contributed by atoms with Gasteiger partial charge in [0.2, 0.25) is 0 Å². The fourth-order valence-electron chi connectivity index (χ4n) is 4.49. The Bertz CT molecular complexity index is 1300. The number of benzene rings is 2. The van der Waals surface area contributed by atoms with E-state index in [-0.39, 0.29) is 30.3 Å². The smallest absolute Gasteiger partial charge is 0.395 e. The number of hydrogen-bond acceptors (Lipinski definition) is 7. The highest BCUT2D eigenvalue weighted by Crippen LogP contribution is 2.35. The molecule has 43 heavy (non-hydrogen) atoms. The first-order chi connectivity index (χ1) is 20.6. The average Bonchev–Trinajstić information content (AvgIpc) is 3.02. The van der Waals surface area contributed by atoms with E-state index in [1.165, 1.54) is 26.4 Å². The molecule has 0 amide bonds. The summed E-state index contributed by atoms with van der Waals surface area (Å²) < 4.78 is 69.2. The Morgan fingerprint density at radius 1 is 1.07 bits per heavy atom. The van der Waals surface area contributed by atoms with Crippen LogP contribution in [0.3, 0.4) is 0 Å². The highest BCUT2D eigenvalue weighted by Gasteiger charge is 2.39. The van der Waals surface area contributed by atoms with Gasteiger partial charge < -0.3 is 29.3 Å². The van der Waals surface area contributed by atoms with E-state index in [0.717, 1.165) is 30.6 Å². The minimum Gasteiger partial charge on any atom is -0.497 e. The molecule has 2 aromatic rings. The van der Waals surface area contributed by atoms with Gasteiger partial charge in [-0.05, 0) is 42.3 Å². The predicted octanol–water partition coefficient (Wildman–Crippen LogP) is 5.97. The highest BCUT2D eigenvalue weighted by atomic mass is 19.4. The van der Waals surface area contributed by atoms with Crippen molar-refractivity contribution in [3.05, 3.63) is 77.5 Å². The van der Waals surface area contributed by atoms with Gasteiger partial charge in [-0.25, -0.2) is 9.38 Å². The zero-order chi connectivity index (χ0) is 31.4. The van der Waals surface area contributed by atoms with Crippen molar-refractivity contribution in [1.82, 2.24) is 10.2 Å². The van der Waals surface area contributed by atoms with Crippen LogP contribution in [0.5, 0.6) is 5.75 Å². The number of alkyl halides is 3. The van der Waals surface area contributed by atoms with Crippen LogP contribution in [0.4, 0.5) is 28.9 Å². The van der Waals surface area contributed by atoms with Gasteiger partial charge in [-0.15, -0.1) is 0 Å². The van der Waals surface area contributed by atoms with Crippen LogP contribution in [-0.2, 0) is 20.8 Å². The molecule has 4 rings (SSSR count). The van der Waals surface area contributed by atoms with Crippen LogP contribution in [-0.4, -0.2) is 70.9 Å². The number of nitrogens with zero attached hydrogens (tertiary/aromatic N) is 3. The first-order valence-corrected chi connectivity index (χ1v) is 13.9. The van der Waals surface area contributed by atoms with Crippen LogP contribution in [0, 0.1) is 11.7 Å². The number of esters is 1. The molecule has 2 aliphatic rings. The van der Waals surface area contributed by atoms with Crippen molar-refractivity contribution in [1.29, 1.82) is 0 Å². The second-order valence-electron chi connectivity index (χ2n) is 9.74. The molecule has 1 N–H and O–H groups in total. The van der Waals surface area contributed by atoms with Crippen LogP contribution >= 0.6 is 0 Å². The van der Waals surface area contributed by atoms with Gasteiger partial charge in [0.15, 0.2) is 0 Å². The fourth-order valence-corrected chi connectivity index (χ4v) is 4.49. The number of rotatable bonds is 9. The zero-order valence-corrected chi connectivity index (χ0v) is 24.8. The van der Waals surface area contributed by atoms with Crippen LogP contribution in [0.15, 0.2) is 71.1 Å². The molecule has 1 atom stereocenters. The number of anilines is 1. The van der Waals surface area contributed by atoms with E-state index in [0.29, 0.717) is 30.8 Å². The summed E-state index contributed by atoms with van der Waals surface area (Å²) in [6, 6.07) is 12.5. The van der Waals surface area contributed by atoms with Crippen molar-refractivity contribution in [2.24, 2.45) is 10.9 Å². The summed E-state index contributed by atoms with van der Waals surface area (Å²) in [6.07, 6.45) is 0.0899. The Hall–Kier alpha value is -4.22. The van der Waals surface area contributed by atoms with Crippen molar-refractivity contribution < 1.29 is 36.6 Å². The number of methoxy groups -OCH3 is 3. The summed E-state index contributed by atoms with van der Waals surface area (Å²) >= 11 is 0. The predicted molar refractivity (Wildman–Crippen MR) is 158 cm³/mol. The quantitative estimate of drug-likeness (QED) is 0.163. The Kier molecular flexibility index (Phi) is 12.3. The molecule has 1 unspecified atom stereocenters. The Morgan fingerprint density at radius 3 is 2.40 bits per heavy atom. The standard InChI is InChI=1S/C27H30F4N4O2.C4H8O2/c1-36-22-7-4-6-21(16-22)35-13-11-34(12-14-35)18-33-26-19(5-3-8-23(26)28)17-32-24-15-20(27(29,30)31)9-10-25(24)37-2;1-3-4(5)6-2/h3-8,10,15-16,18,20,32H,9,11-14,17H2,1-2H3;3H2,1-2H3. The Morgan fingerprint density at radius 2 is 1.79 bits per heavy atom. The van der Waals surface area contributed by atoms with Gasteiger partial charge in [-0.1, -0.05) is 25.1 Å². The molecule has 1 heterocycles. The van der Waals surface area contributed by atoms with Gasteiger partial charge in [0.05, 0.1) is 39.3 Å². The lowest BCUT2D eigenvalue weighted by Crippen LogP contribution is -2.45. The number of piperazine rings is 1. The molecule has 8 nitrogen and oxygen atoms in total. The van der Waals surface area contributed by atoms with Gasteiger partial charge in [0.25, 0.3) is 0 Å². The number of carbonyl (C=O) groups excluding carboxylic acids is 1. The summed E-state index contributed by atoms with van der Waals surface area (Å²) in [4.78, 5) is 18.6. The number of ether oxygens (including phenoxy) is 3. The SMILES string of the molecule is CCC(=O)OC.COC1=CCC(C(F)(F)F)C=C1NCc1cccc(F)c1N=CN1CCN(c2cccc(OC)c2)CC1. The number of halogens is 4. The minimum atomic E-state index is -4.35. The number of carbonyl (C=O) groups is 1. The van der Waals surface area contributed by atoms with Crippen LogP contribution in [0.25, 0.3) is 0 Å². The molecule has 1 aliphatic carbocycles. The number of allylic oxidation sites excluding steroid dienone is 2. The van der Waals surface area contributed by atoms with E-state index < -0.39 is 17.9 Å². The topological polar surface area (TPSA) is 75.6 Å². The summed E-state index contributed by atoms with van der Waals surface area (Å²) in [6.45, 7) is 4.79. The molecular weight excluding hydrogens is 568 g/mol. The van der Waals surface area contributed by atoms with Crippen molar-refractivity contribution in [2.45, 2.75) is 32.5 Å². The maximum atomic E-state index is 14.7. The monoisotopic (exact) mass is 606 g/mol. The number of hydrogen-bond donors (Lipinski definition) is 1. The zero-order valence-electron chi connectivity index (χ0n) is 24.8. The van der Waals surface area contributed by atoms with Crippen molar-refractivity contribution in [3.8, 4) is 5.75 Å². The van der Waals surface area contributed by atoms with Crippen molar-refractivity contribution in [3.63, 3.8) is 0 Å². The van der Waals surface area contributed by atoms with E-state index in [1.54, 1.807) is 32.5 Å². The van der Waals surface area contributed by atoms with Crippen LogP contribution in [0.2, 0.25) is 0 Å². The van der Waals surface area contributed by atoms with Gasteiger partial charge in [-0.3, -0.25) is 4.79 Å². The molecule has 234 valence electrons. The molecule has 12 heteroatoms. The van der Waals surface area contributed by atoms with Gasteiger partial charge in [0, 0.05) is 50.9 Å². The number of aliphatic imine (C=N–C) groups is 1. The van der Waals surface area contributed by atoms with Crippen LogP contribution < -0.4 is 15.0 Å². The largest absolute Gasteiger partial charge is 0.497 e. The molecule has 2 aromatic carbocycles. The van der Waals surface area contributed by atoms with E-state index in [2.05, 4.69) is 19.9 Å². The van der Waals surface area contributed by atoms with E-state index in [4.69, 9.17) is 9.47 Å². The van der Waals surface area contributed by atoms with Gasteiger partial charge in [-0.2, -0.15) is 13.2 Å². The molecule has 1 aliphatic heterocycles. The lowest BCUT2D eigenvalue weighted by molar-refractivity contribution is -0.160. The summed E-state index contributed by atoms with van der Waals surface area (Å²) in [5, 5.41) is 2.98. The molecule has 0 radical (unpaired) electrons. The van der Waals surface area contributed by atoms with Crippen molar-refractivity contribution in [2.75, 3.05) is 52.4 Å². The van der Waals surface area contributed by atoms with E-state index in [9.17, 15) is 22.4 Å². The average molecular weight is 607 g/mol. The Balaban J connectivity index is 0.000000765. The third-order valence-electron chi connectivity index (χ3n) is 6.97. The third kappa shape index (κ3) is 9.65. The fraction of sp³-hybridized carbons (Fsp3) is 0.419. The summed E-state index contributed by atoms with van der Waals surface area (Å²) in [5.74, 6) is -1.13. The molecule has 1 fully saturated rings. The molecular formula is C31H38F4N4O4. The second kappa shape index (κ2) is 15.9. The lowest BCUT2D eigenvalue weighted by atomic mass is 9.97. The van der Waals surface area contributed by atoms with Gasteiger partial charge in [0.1, 0.15) is 23.0 Å². The molecule has 0 bridgehead atoms. The normalized spacial score (nSPS) is 17.0. The summed E-state index contributed by atoms with van der Waals surface area (Å²) in [7, 11) is 4.42. The molecule has 0 spiro atoms. The second-order valence-corrected chi connectivity index (χ2v) is 9.74. The minimum absolute atomic E-state index is 0.0885. The van der Waals surface area contributed by atoms with Crippen molar-refractivity contribution >= 4 is 23.7 Å².